The summed E-state index contributed by atoms with van der Waals surface area (Å²) in [4.78, 5) is 0. The highest BCUT2D eigenvalue weighted by atomic mass is 79.9. The molecule has 2 atom stereocenters. The van der Waals surface area contributed by atoms with Crippen LogP contribution < -0.4 is 5.32 Å². The topological polar surface area (TPSA) is 21.3 Å². The molecule has 0 aromatic heterocycles. The summed E-state index contributed by atoms with van der Waals surface area (Å²) in [6.07, 6.45) is 4.49. The van der Waals surface area contributed by atoms with Crippen molar-refractivity contribution in [3.05, 3.63) is 34.1 Å². The smallest absolute Gasteiger partial charge is 0.124 e. The number of hydrogen-bond acceptors (Lipinski definition) is 2. The first-order valence-corrected chi connectivity index (χ1v) is 7.22. The summed E-state index contributed by atoms with van der Waals surface area (Å²) in [7, 11) is 1.94. The van der Waals surface area contributed by atoms with Crippen molar-refractivity contribution >= 4 is 15.9 Å². The fourth-order valence-electron chi connectivity index (χ4n) is 2.49. The van der Waals surface area contributed by atoms with Gasteiger partial charge in [0.25, 0.3) is 0 Å². The maximum atomic E-state index is 13.3. The van der Waals surface area contributed by atoms with Gasteiger partial charge in [-0.3, -0.25) is 0 Å². The van der Waals surface area contributed by atoms with E-state index in [0.717, 1.165) is 35.9 Å². The molecule has 4 heteroatoms. The van der Waals surface area contributed by atoms with Gasteiger partial charge in [0.1, 0.15) is 5.82 Å². The van der Waals surface area contributed by atoms with Gasteiger partial charge >= 0.3 is 0 Å². The molecule has 2 nitrogen and oxygen atoms in total. The molecule has 0 bridgehead atoms. The van der Waals surface area contributed by atoms with Crippen molar-refractivity contribution < 1.29 is 9.13 Å². The van der Waals surface area contributed by atoms with Gasteiger partial charge < -0.3 is 10.1 Å². The van der Waals surface area contributed by atoms with E-state index >= 15 is 0 Å². The molecule has 100 valence electrons. The van der Waals surface area contributed by atoms with Crippen LogP contribution in [0.4, 0.5) is 4.39 Å². The zero-order chi connectivity index (χ0) is 13.0. The van der Waals surface area contributed by atoms with Gasteiger partial charge in [-0.25, -0.2) is 4.39 Å². The Kier molecular flexibility index (Phi) is 5.15. The molecule has 2 unspecified atom stereocenters. The molecular weight excluding hydrogens is 297 g/mol. The average molecular weight is 316 g/mol. The van der Waals surface area contributed by atoms with Crippen molar-refractivity contribution in [1.29, 1.82) is 0 Å². The van der Waals surface area contributed by atoms with E-state index in [9.17, 15) is 4.39 Å². The lowest BCUT2D eigenvalue weighted by atomic mass is 9.96. The minimum atomic E-state index is -0.196. The Morgan fingerprint density at radius 2 is 2.28 bits per heavy atom. The minimum absolute atomic E-state index is 0.196. The molecule has 1 aromatic carbocycles. The number of rotatable bonds is 4. The molecule has 18 heavy (non-hydrogen) atoms. The second-order valence-electron chi connectivity index (χ2n) is 4.78. The van der Waals surface area contributed by atoms with Crippen molar-refractivity contribution in [2.45, 2.75) is 37.8 Å². The lowest BCUT2D eigenvalue weighted by Gasteiger charge is -2.30. The molecule has 1 aliphatic heterocycles. The molecular formula is C14H19BrFNO. The lowest BCUT2D eigenvalue weighted by Crippen LogP contribution is -2.42. The Morgan fingerprint density at radius 1 is 1.44 bits per heavy atom. The van der Waals surface area contributed by atoms with Gasteiger partial charge in [0.05, 0.1) is 6.10 Å². The van der Waals surface area contributed by atoms with Gasteiger partial charge in [0, 0.05) is 17.1 Å². The van der Waals surface area contributed by atoms with Gasteiger partial charge in [0.15, 0.2) is 0 Å². The molecule has 0 aliphatic carbocycles. The average Bonchev–Trinajstić information content (AvgIpc) is 2.36. The zero-order valence-electron chi connectivity index (χ0n) is 10.6. The van der Waals surface area contributed by atoms with Crippen LogP contribution in [0.25, 0.3) is 0 Å². The van der Waals surface area contributed by atoms with Crippen LogP contribution in [0.2, 0.25) is 0 Å². The Bertz CT molecular complexity index is 373. The highest BCUT2D eigenvalue weighted by Gasteiger charge is 2.23. The summed E-state index contributed by atoms with van der Waals surface area (Å²) in [5.41, 5.74) is 0.996. The first-order chi connectivity index (χ1) is 8.69. The van der Waals surface area contributed by atoms with Crippen LogP contribution in [0.1, 0.15) is 24.8 Å². The summed E-state index contributed by atoms with van der Waals surface area (Å²) in [5.74, 6) is -0.196. The van der Waals surface area contributed by atoms with Crippen LogP contribution in [0, 0.1) is 5.82 Å². The Labute approximate surface area is 116 Å². The number of ether oxygens (including phenoxy) is 1. The summed E-state index contributed by atoms with van der Waals surface area (Å²) in [6, 6.07) is 5.29. The Balaban J connectivity index is 2.04. The Hall–Kier alpha value is -0.450. The van der Waals surface area contributed by atoms with E-state index in [-0.39, 0.29) is 18.0 Å². The number of likely N-dealkylation sites (N-methyl/N-ethyl adjacent to an activating group) is 1. The highest BCUT2D eigenvalue weighted by Crippen LogP contribution is 2.21. The Morgan fingerprint density at radius 3 is 2.89 bits per heavy atom. The summed E-state index contributed by atoms with van der Waals surface area (Å²) in [6.45, 7) is 0.843. The van der Waals surface area contributed by atoms with E-state index in [1.807, 2.05) is 13.1 Å². The molecule has 1 N–H and O–H groups in total. The van der Waals surface area contributed by atoms with Crippen LogP contribution in [-0.4, -0.2) is 25.8 Å². The third-order valence-corrected chi connectivity index (χ3v) is 3.87. The molecule has 1 fully saturated rings. The van der Waals surface area contributed by atoms with Crippen LogP contribution in [-0.2, 0) is 11.2 Å². The van der Waals surface area contributed by atoms with Gasteiger partial charge in [-0.2, -0.15) is 0 Å². The normalized spacial score (nSPS) is 21.8. The van der Waals surface area contributed by atoms with E-state index in [2.05, 4.69) is 21.2 Å². The van der Waals surface area contributed by atoms with E-state index < -0.39 is 0 Å². The van der Waals surface area contributed by atoms with Gasteiger partial charge in [-0.15, -0.1) is 0 Å². The lowest BCUT2D eigenvalue weighted by molar-refractivity contribution is -0.00588. The fourth-order valence-corrected chi connectivity index (χ4v) is 3.00. The number of hydrogen-bond donors (Lipinski definition) is 1. The third-order valence-electron chi connectivity index (χ3n) is 3.41. The van der Waals surface area contributed by atoms with Crippen LogP contribution >= 0.6 is 15.9 Å². The summed E-state index contributed by atoms with van der Waals surface area (Å²) >= 11 is 3.33. The summed E-state index contributed by atoms with van der Waals surface area (Å²) in [5, 5.41) is 3.30. The zero-order valence-corrected chi connectivity index (χ0v) is 12.2. The second-order valence-corrected chi connectivity index (χ2v) is 5.70. The van der Waals surface area contributed by atoms with E-state index in [1.54, 1.807) is 6.07 Å². The predicted octanol–water partition coefficient (Wildman–Crippen LogP) is 3.29. The number of nitrogens with one attached hydrogen (secondary N) is 1. The second kappa shape index (κ2) is 6.64. The first-order valence-electron chi connectivity index (χ1n) is 6.43. The van der Waals surface area contributed by atoms with E-state index in [0.29, 0.717) is 0 Å². The third kappa shape index (κ3) is 3.77. The van der Waals surface area contributed by atoms with Crippen LogP contribution in [0.15, 0.2) is 22.7 Å². The molecule has 0 spiro atoms. The quantitative estimate of drug-likeness (QED) is 0.920. The highest BCUT2D eigenvalue weighted by molar-refractivity contribution is 9.10. The van der Waals surface area contributed by atoms with Crippen LogP contribution in [0.3, 0.4) is 0 Å². The molecule has 1 saturated heterocycles. The minimum Gasteiger partial charge on any atom is -0.377 e. The van der Waals surface area contributed by atoms with Gasteiger partial charge in [-0.05, 0) is 56.5 Å². The molecule has 0 saturated carbocycles. The SMILES string of the molecule is CNC(Cc1cc(F)cc(Br)c1)C1CCCCO1. The van der Waals surface area contributed by atoms with Crippen molar-refractivity contribution in [1.82, 2.24) is 5.32 Å². The molecule has 2 rings (SSSR count). The van der Waals surface area contributed by atoms with Crippen molar-refractivity contribution in [2.75, 3.05) is 13.7 Å². The van der Waals surface area contributed by atoms with Crippen molar-refractivity contribution in [3.63, 3.8) is 0 Å². The fraction of sp³-hybridized carbons (Fsp3) is 0.571. The van der Waals surface area contributed by atoms with Crippen LogP contribution in [0.5, 0.6) is 0 Å². The van der Waals surface area contributed by atoms with Gasteiger partial charge in [-0.1, -0.05) is 15.9 Å². The van der Waals surface area contributed by atoms with Crippen molar-refractivity contribution in [2.24, 2.45) is 0 Å². The van der Waals surface area contributed by atoms with E-state index in [1.165, 1.54) is 12.5 Å². The molecule has 0 radical (unpaired) electrons. The number of benzene rings is 1. The van der Waals surface area contributed by atoms with Crippen molar-refractivity contribution in [3.8, 4) is 0 Å². The van der Waals surface area contributed by atoms with Gasteiger partial charge in [0.2, 0.25) is 0 Å². The molecule has 1 aromatic rings. The van der Waals surface area contributed by atoms with E-state index in [4.69, 9.17) is 4.74 Å². The predicted molar refractivity (Wildman–Crippen MR) is 74.2 cm³/mol. The maximum Gasteiger partial charge on any atom is 0.124 e. The standard InChI is InChI=1S/C14H19BrFNO/c1-17-13(14-4-2-3-5-18-14)8-10-6-11(15)9-12(16)7-10/h6-7,9,13-14,17H,2-5,8H2,1H3. The molecule has 1 aliphatic rings. The number of halogens is 2. The molecule has 0 amide bonds. The first kappa shape index (κ1) is 14.0. The maximum absolute atomic E-state index is 13.3. The largest absolute Gasteiger partial charge is 0.377 e. The monoisotopic (exact) mass is 315 g/mol. The molecule has 1 heterocycles. The summed E-state index contributed by atoms with van der Waals surface area (Å²) < 4.78 is 19.9.